The van der Waals surface area contributed by atoms with Gasteiger partial charge in [0.2, 0.25) is 0 Å². The summed E-state index contributed by atoms with van der Waals surface area (Å²) in [6.45, 7) is 1.75. The average Bonchev–Trinajstić information content (AvgIpc) is 2.63. The molecule has 90 valence electrons. The highest BCUT2D eigenvalue weighted by atomic mass is 19.4. The molecule has 0 amide bonds. The van der Waals surface area contributed by atoms with Gasteiger partial charge < -0.3 is 10.3 Å². The number of imidazole rings is 1. The lowest BCUT2D eigenvalue weighted by atomic mass is 10.1. The van der Waals surface area contributed by atoms with Gasteiger partial charge in [-0.1, -0.05) is 0 Å². The van der Waals surface area contributed by atoms with Crippen LogP contribution in [0.15, 0.2) is 30.6 Å². The highest BCUT2D eigenvalue weighted by Gasteiger charge is 2.30. The third kappa shape index (κ3) is 2.11. The molecule has 0 saturated carbocycles. The maximum absolute atomic E-state index is 12.4. The van der Waals surface area contributed by atoms with Crippen molar-refractivity contribution in [3.63, 3.8) is 0 Å². The monoisotopic (exact) mass is 241 g/mol. The van der Waals surface area contributed by atoms with Crippen molar-refractivity contribution >= 4 is 5.69 Å². The van der Waals surface area contributed by atoms with Crippen molar-refractivity contribution < 1.29 is 13.2 Å². The Morgan fingerprint density at radius 3 is 2.47 bits per heavy atom. The first-order chi connectivity index (χ1) is 7.89. The predicted octanol–water partition coefficient (Wildman–Crippen LogP) is 2.78. The summed E-state index contributed by atoms with van der Waals surface area (Å²) in [6, 6.07) is 3.27. The molecule has 0 unspecified atom stereocenters. The van der Waals surface area contributed by atoms with Crippen LogP contribution < -0.4 is 5.73 Å². The van der Waals surface area contributed by atoms with Gasteiger partial charge in [0.15, 0.2) is 0 Å². The molecule has 0 aliphatic heterocycles. The molecule has 0 radical (unpaired) electrons. The quantitative estimate of drug-likeness (QED) is 0.780. The van der Waals surface area contributed by atoms with Crippen LogP contribution in [0.2, 0.25) is 0 Å². The minimum atomic E-state index is -4.38. The van der Waals surface area contributed by atoms with Gasteiger partial charge in [-0.05, 0) is 25.1 Å². The Hall–Kier alpha value is -1.98. The molecular weight excluding hydrogens is 231 g/mol. The predicted molar refractivity (Wildman–Crippen MR) is 57.7 cm³/mol. The molecule has 2 rings (SSSR count). The molecular formula is C11H10F3N3. The number of nitrogen functional groups attached to an aromatic ring is 1. The van der Waals surface area contributed by atoms with E-state index in [0.717, 1.165) is 12.1 Å². The van der Waals surface area contributed by atoms with Crippen molar-refractivity contribution in [2.24, 2.45) is 0 Å². The summed E-state index contributed by atoms with van der Waals surface area (Å²) < 4.78 is 39.0. The van der Waals surface area contributed by atoms with Crippen LogP contribution in [0, 0.1) is 6.92 Å². The summed E-state index contributed by atoms with van der Waals surface area (Å²) in [5.41, 5.74) is 5.44. The number of aryl methyl sites for hydroxylation is 1. The van der Waals surface area contributed by atoms with Crippen LogP contribution in [0.25, 0.3) is 5.69 Å². The van der Waals surface area contributed by atoms with E-state index in [2.05, 4.69) is 4.98 Å². The Morgan fingerprint density at radius 1 is 1.29 bits per heavy atom. The van der Waals surface area contributed by atoms with E-state index < -0.39 is 11.7 Å². The van der Waals surface area contributed by atoms with Gasteiger partial charge in [0.05, 0.1) is 16.9 Å². The smallest absolute Gasteiger partial charge is 0.397 e. The number of nitrogens with zero attached hydrogens (tertiary/aromatic N) is 2. The first-order valence-electron chi connectivity index (χ1n) is 4.86. The molecule has 0 atom stereocenters. The Labute approximate surface area is 95.7 Å². The normalized spacial score (nSPS) is 11.8. The second-order valence-corrected chi connectivity index (χ2v) is 3.62. The minimum absolute atomic E-state index is 0.0703. The zero-order valence-corrected chi connectivity index (χ0v) is 8.99. The summed E-state index contributed by atoms with van der Waals surface area (Å²) in [5, 5.41) is 0. The molecule has 1 aromatic heterocycles. The number of rotatable bonds is 1. The molecule has 0 bridgehead atoms. The lowest BCUT2D eigenvalue weighted by molar-refractivity contribution is -0.137. The highest BCUT2D eigenvalue weighted by Crippen LogP contribution is 2.32. The molecule has 17 heavy (non-hydrogen) atoms. The SMILES string of the molecule is Cc1nccn1-c1ccc(C(F)(F)F)cc1N. The Morgan fingerprint density at radius 2 is 2.00 bits per heavy atom. The van der Waals surface area contributed by atoms with Gasteiger partial charge in [0.25, 0.3) is 0 Å². The van der Waals surface area contributed by atoms with Gasteiger partial charge in [0, 0.05) is 12.4 Å². The summed E-state index contributed by atoms with van der Waals surface area (Å²) in [7, 11) is 0. The number of hydrogen-bond donors (Lipinski definition) is 1. The maximum Gasteiger partial charge on any atom is 0.416 e. The van der Waals surface area contributed by atoms with Crippen molar-refractivity contribution in [3.05, 3.63) is 42.0 Å². The van der Waals surface area contributed by atoms with E-state index in [1.807, 2.05) is 0 Å². The number of benzene rings is 1. The van der Waals surface area contributed by atoms with Crippen molar-refractivity contribution in [1.29, 1.82) is 0 Å². The van der Waals surface area contributed by atoms with Crippen LogP contribution in [-0.2, 0) is 6.18 Å². The second-order valence-electron chi connectivity index (χ2n) is 3.62. The highest BCUT2D eigenvalue weighted by molar-refractivity contribution is 5.60. The fourth-order valence-electron chi connectivity index (χ4n) is 1.58. The van der Waals surface area contributed by atoms with E-state index in [1.165, 1.54) is 6.07 Å². The minimum Gasteiger partial charge on any atom is -0.397 e. The fourth-order valence-corrected chi connectivity index (χ4v) is 1.58. The van der Waals surface area contributed by atoms with Gasteiger partial charge in [-0.15, -0.1) is 0 Å². The number of hydrogen-bond acceptors (Lipinski definition) is 2. The molecule has 1 aromatic carbocycles. The van der Waals surface area contributed by atoms with Crippen molar-refractivity contribution in [3.8, 4) is 5.69 Å². The fraction of sp³-hybridized carbons (Fsp3) is 0.182. The van der Waals surface area contributed by atoms with Gasteiger partial charge in [0.1, 0.15) is 5.82 Å². The molecule has 6 heteroatoms. The van der Waals surface area contributed by atoms with Crippen LogP contribution in [0.3, 0.4) is 0 Å². The third-order valence-electron chi connectivity index (χ3n) is 2.44. The van der Waals surface area contributed by atoms with Gasteiger partial charge >= 0.3 is 6.18 Å². The zero-order valence-electron chi connectivity index (χ0n) is 8.99. The lowest BCUT2D eigenvalue weighted by Crippen LogP contribution is -2.08. The molecule has 0 aliphatic carbocycles. The number of anilines is 1. The van der Waals surface area contributed by atoms with E-state index in [-0.39, 0.29) is 5.69 Å². The summed E-state index contributed by atoms with van der Waals surface area (Å²) in [5.74, 6) is 0.663. The third-order valence-corrected chi connectivity index (χ3v) is 2.44. The van der Waals surface area contributed by atoms with Crippen molar-refractivity contribution in [2.45, 2.75) is 13.1 Å². The first kappa shape index (κ1) is 11.5. The molecule has 2 aromatic rings. The largest absolute Gasteiger partial charge is 0.416 e. The first-order valence-corrected chi connectivity index (χ1v) is 4.86. The van der Waals surface area contributed by atoms with Crippen LogP contribution in [-0.4, -0.2) is 9.55 Å². The van der Waals surface area contributed by atoms with Crippen LogP contribution in [0.4, 0.5) is 18.9 Å². The molecule has 1 heterocycles. The Bertz CT molecular complexity index is 543. The van der Waals surface area contributed by atoms with Gasteiger partial charge in [-0.2, -0.15) is 13.2 Å². The number of alkyl halides is 3. The van der Waals surface area contributed by atoms with Crippen molar-refractivity contribution in [1.82, 2.24) is 9.55 Å². The van der Waals surface area contributed by atoms with Gasteiger partial charge in [-0.3, -0.25) is 0 Å². The maximum atomic E-state index is 12.4. The standard InChI is InChI=1S/C11H10F3N3/c1-7-16-4-5-17(7)10-3-2-8(6-9(10)15)11(12,13)14/h2-6H,15H2,1H3. The topological polar surface area (TPSA) is 43.8 Å². The number of aromatic nitrogens is 2. The Kier molecular flexibility index (Phi) is 2.57. The molecule has 0 fully saturated rings. The van der Waals surface area contributed by atoms with E-state index >= 15 is 0 Å². The van der Waals surface area contributed by atoms with E-state index in [9.17, 15) is 13.2 Å². The molecule has 0 aliphatic rings. The Balaban J connectivity index is 2.50. The van der Waals surface area contributed by atoms with Crippen molar-refractivity contribution in [2.75, 3.05) is 5.73 Å². The molecule has 0 saturated heterocycles. The van der Waals surface area contributed by atoms with Crippen LogP contribution >= 0.6 is 0 Å². The summed E-state index contributed by atoms with van der Waals surface area (Å²) >= 11 is 0. The van der Waals surface area contributed by atoms with E-state index in [0.29, 0.717) is 11.5 Å². The van der Waals surface area contributed by atoms with E-state index in [1.54, 1.807) is 23.9 Å². The summed E-state index contributed by atoms with van der Waals surface area (Å²) in [4.78, 5) is 3.99. The molecule has 2 N–H and O–H groups in total. The van der Waals surface area contributed by atoms with Gasteiger partial charge in [-0.25, -0.2) is 4.98 Å². The zero-order chi connectivity index (χ0) is 12.6. The number of nitrogens with two attached hydrogens (primary N) is 1. The lowest BCUT2D eigenvalue weighted by Gasteiger charge is -2.12. The van der Waals surface area contributed by atoms with Crippen LogP contribution in [0.1, 0.15) is 11.4 Å². The average molecular weight is 241 g/mol. The number of halogens is 3. The summed E-state index contributed by atoms with van der Waals surface area (Å²) in [6.07, 6.45) is -1.17. The molecule has 0 spiro atoms. The van der Waals surface area contributed by atoms with E-state index in [4.69, 9.17) is 5.73 Å². The second kappa shape index (κ2) is 3.80. The van der Waals surface area contributed by atoms with Crippen LogP contribution in [0.5, 0.6) is 0 Å². The molecule has 3 nitrogen and oxygen atoms in total.